The first-order chi connectivity index (χ1) is 10.7. The molecule has 0 aliphatic heterocycles. The minimum Gasteiger partial charge on any atom is -0.493 e. The topological polar surface area (TPSA) is 69.2 Å². The second-order valence-electron chi connectivity index (χ2n) is 4.14. The number of methoxy groups -OCH3 is 3. The first-order valence-corrected chi connectivity index (χ1v) is 7.24. The van der Waals surface area contributed by atoms with E-state index in [1.54, 1.807) is 18.2 Å². The van der Waals surface area contributed by atoms with E-state index >= 15 is 0 Å². The molecule has 6 nitrogen and oxygen atoms in total. The molecular weight excluding hydrogens is 304 g/mol. The highest BCUT2D eigenvalue weighted by molar-refractivity contribution is 7.12. The third kappa shape index (κ3) is 3.56. The molecule has 22 heavy (non-hydrogen) atoms. The lowest BCUT2D eigenvalue weighted by Crippen LogP contribution is -2.16. The Kier molecular flexibility index (Phi) is 5.37. The average molecular weight is 320 g/mol. The van der Waals surface area contributed by atoms with E-state index in [9.17, 15) is 4.79 Å². The average Bonchev–Trinajstić information content (AvgIpc) is 3.08. The molecular formula is C15H16N2O4S. The van der Waals surface area contributed by atoms with E-state index in [1.165, 1.54) is 38.9 Å². The molecule has 0 fully saturated rings. The summed E-state index contributed by atoms with van der Waals surface area (Å²) in [7, 11) is 4.61. The first kappa shape index (κ1) is 15.8. The number of benzene rings is 1. The van der Waals surface area contributed by atoms with Gasteiger partial charge in [0.1, 0.15) is 0 Å². The molecule has 0 saturated heterocycles. The van der Waals surface area contributed by atoms with Crippen molar-refractivity contribution in [2.75, 3.05) is 21.3 Å². The molecule has 116 valence electrons. The lowest BCUT2D eigenvalue weighted by atomic mass is 10.2. The van der Waals surface area contributed by atoms with Crippen molar-refractivity contribution >= 4 is 23.5 Å². The van der Waals surface area contributed by atoms with Gasteiger partial charge < -0.3 is 14.2 Å². The standard InChI is InChI=1S/C15H16N2O4S/c1-19-11-7-10(8-12(20-2)14(11)21-3)9-16-17-15(18)13-5-4-6-22-13/h4-9H,1-3H3,(H,17,18). The smallest absolute Gasteiger partial charge is 0.281 e. The molecule has 1 aromatic carbocycles. The lowest BCUT2D eigenvalue weighted by molar-refractivity contribution is 0.0959. The maximum atomic E-state index is 11.8. The number of rotatable bonds is 6. The number of carbonyl (C=O) groups excluding carboxylic acids is 1. The van der Waals surface area contributed by atoms with Crippen molar-refractivity contribution in [1.29, 1.82) is 0 Å². The van der Waals surface area contributed by atoms with Crippen LogP contribution in [0.2, 0.25) is 0 Å². The van der Waals surface area contributed by atoms with Crippen molar-refractivity contribution in [3.63, 3.8) is 0 Å². The molecule has 0 spiro atoms. The van der Waals surface area contributed by atoms with Crippen LogP contribution >= 0.6 is 11.3 Å². The van der Waals surface area contributed by atoms with Crippen LogP contribution in [0.25, 0.3) is 0 Å². The summed E-state index contributed by atoms with van der Waals surface area (Å²) in [5, 5.41) is 5.77. The fraction of sp³-hybridized carbons (Fsp3) is 0.200. The molecule has 7 heteroatoms. The minimum absolute atomic E-state index is 0.251. The monoisotopic (exact) mass is 320 g/mol. The minimum atomic E-state index is -0.251. The van der Waals surface area contributed by atoms with Gasteiger partial charge >= 0.3 is 0 Å². The fourth-order valence-corrected chi connectivity index (χ4v) is 2.42. The van der Waals surface area contributed by atoms with Crippen LogP contribution < -0.4 is 19.6 Å². The zero-order chi connectivity index (χ0) is 15.9. The first-order valence-electron chi connectivity index (χ1n) is 6.36. The molecule has 1 heterocycles. The Morgan fingerprint density at radius 1 is 1.18 bits per heavy atom. The summed E-state index contributed by atoms with van der Waals surface area (Å²) in [4.78, 5) is 12.4. The highest BCUT2D eigenvalue weighted by Gasteiger charge is 2.12. The summed E-state index contributed by atoms with van der Waals surface area (Å²) < 4.78 is 15.7. The molecule has 0 atom stereocenters. The Labute approximate surface area is 132 Å². The van der Waals surface area contributed by atoms with E-state index in [2.05, 4.69) is 10.5 Å². The fourth-order valence-electron chi connectivity index (χ4n) is 1.80. The molecule has 0 aliphatic carbocycles. The van der Waals surface area contributed by atoms with Gasteiger partial charge in [-0.1, -0.05) is 6.07 Å². The van der Waals surface area contributed by atoms with Crippen molar-refractivity contribution in [3.05, 3.63) is 40.1 Å². The van der Waals surface area contributed by atoms with Gasteiger partial charge in [-0.15, -0.1) is 11.3 Å². The largest absolute Gasteiger partial charge is 0.493 e. The number of carbonyl (C=O) groups is 1. The van der Waals surface area contributed by atoms with Crippen LogP contribution in [0.3, 0.4) is 0 Å². The van der Waals surface area contributed by atoms with Crippen LogP contribution in [-0.4, -0.2) is 33.5 Å². The third-order valence-electron chi connectivity index (χ3n) is 2.81. The number of amides is 1. The molecule has 0 radical (unpaired) electrons. The second-order valence-corrected chi connectivity index (χ2v) is 5.08. The second kappa shape index (κ2) is 7.46. The van der Waals surface area contributed by atoms with E-state index in [-0.39, 0.29) is 5.91 Å². The van der Waals surface area contributed by atoms with Gasteiger partial charge in [-0.3, -0.25) is 4.79 Å². The summed E-state index contributed by atoms with van der Waals surface area (Å²) in [6.45, 7) is 0. The molecule has 0 saturated carbocycles. The number of hydrazone groups is 1. The highest BCUT2D eigenvalue weighted by atomic mass is 32.1. The number of nitrogens with zero attached hydrogens (tertiary/aromatic N) is 1. The lowest BCUT2D eigenvalue weighted by Gasteiger charge is -2.12. The Hall–Kier alpha value is -2.54. The van der Waals surface area contributed by atoms with Crippen LogP contribution in [0.4, 0.5) is 0 Å². The predicted molar refractivity (Wildman–Crippen MR) is 85.5 cm³/mol. The number of ether oxygens (including phenoxy) is 3. The number of hydrogen-bond acceptors (Lipinski definition) is 6. The Balaban J connectivity index is 2.15. The van der Waals surface area contributed by atoms with Gasteiger partial charge in [0.25, 0.3) is 5.91 Å². The molecule has 2 aromatic rings. The number of thiophene rings is 1. The maximum absolute atomic E-state index is 11.8. The summed E-state index contributed by atoms with van der Waals surface area (Å²) in [5.74, 6) is 1.30. The van der Waals surface area contributed by atoms with Crippen molar-refractivity contribution in [2.24, 2.45) is 5.10 Å². The van der Waals surface area contributed by atoms with Gasteiger partial charge in [-0.2, -0.15) is 5.10 Å². The third-order valence-corrected chi connectivity index (χ3v) is 3.68. The van der Waals surface area contributed by atoms with E-state index in [0.29, 0.717) is 27.7 Å². The molecule has 1 aromatic heterocycles. The quantitative estimate of drug-likeness (QED) is 0.656. The van der Waals surface area contributed by atoms with Crippen molar-refractivity contribution in [1.82, 2.24) is 5.43 Å². The van der Waals surface area contributed by atoms with Gasteiger partial charge in [0.15, 0.2) is 11.5 Å². The van der Waals surface area contributed by atoms with Gasteiger partial charge in [0, 0.05) is 5.56 Å². The van der Waals surface area contributed by atoms with Crippen LogP contribution in [0, 0.1) is 0 Å². The van der Waals surface area contributed by atoms with Crippen molar-refractivity contribution in [3.8, 4) is 17.2 Å². The molecule has 1 N–H and O–H groups in total. The van der Waals surface area contributed by atoms with E-state index < -0.39 is 0 Å². The maximum Gasteiger partial charge on any atom is 0.281 e. The summed E-state index contributed by atoms with van der Waals surface area (Å²) >= 11 is 1.35. The number of nitrogens with one attached hydrogen (secondary N) is 1. The molecule has 0 unspecified atom stereocenters. The van der Waals surface area contributed by atoms with E-state index in [0.717, 1.165) is 0 Å². The zero-order valence-electron chi connectivity index (χ0n) is 12.5. The van der Waals surface area contributed by atoms with Gasteiger partial charge in [0.2, 0.25) is 5.75 Å². The summed E-state index contributed by atoms with van der Waals surface area (Å²) in [6, 6.07) is 7.02. The van der Waals surface area contributed by atoms with Crippen molar-refractivity contribution in [2.45, 2.75) is 0 Å². The highest BCUT2D eigenvalue weighted by Crippen LogP contribution is 2.37. The van der Waals surface area contributed by atoms with Gasteiger partial charge in [-0.05, 0) is 23.6 Å². The Morgan fingerprint density at radius 2 is 1.86 bits per heavy atom. The van der Waals surface area contributed by atoms with Crippen LogP contribution in [0.15, 0.2) is 34.7 Å². The van der Waals surface area contributed by atoms with Gasteiger partial charge in [-0.25, -0.2) is 5.43 Å². The molecule has 0 bridgehead atoms. The van der Waals surface area contributed by atoms with E-state index in [1.807, 2.05) is 11.4 Å². The Morgan fingerprint density at radius 3 is 2.36 bits per heavy atom. The predicted octanol–water partition coefficient (Wildman–Crippen LogP) is 2.54. The van der Waals surface area contributed by atoms with Crippen molar-refractivity contribution < 1.29 is 19.0 Å². The molecule has 2 rings (SSSR count). The van der Waals surface area contributed by atoms with Crippen LogP contribution in [-0.2, 0) is 0 Å². The zero-order valence-corrected chi connectivity index (χ0v) is 13.3. The summed E-state index contributed by atoms with van der Waals surface area (Å²) in [5.41, 5.74) is 3.17. The molecule has 1 amide bonds. The normalized spacial score (nSPS) is 10.5. The van der Waals surface area contributed by atoms with Crippen LogP contribution in [0.5, 0.6) is 17.2 Å². The van der Waals surface area contributed by atoms with Gasteiger partial charge in [0.05, 0.1) is 32.4 Å². The molecule has 0 aliphatic rings. The van der Waals surface area contributed by atoms with E-state index in [4.69, 9.17) is 14.2 Å². The SMILES string of the molecule is COc1cc(C=NNC(=O)c2cccs2)cc(OC)c1OC. The number of hydrogen-bond donors (Lipinski definition) is 1. The summed E-state index contributed by atoms with van der Waals surface area (Å²) in [6.07, 6.45) is 1.51. The van der Waals surface area contributed by atoms with Crippen LogP contribution in [0.1, 0.15) is 15.2 Å². The Bertz CT molecular complexity index is 643.